The Labute approximate surface area is 165 Å². The smallest absolute Gasteiger partial charge is 0.421 e. The number of pyridine rings is 2. The molecule has 7 heteroatoms. The van der Waals surface area contributed by atoms with Gasteiger partial charge in [0.1, 0.15) is 11.7 Å². The highest BCUT2D eigenvalue weighted by atomic mass is 19.4. The van der Waals surface area contributed by atoms with Crippen molar-refractivity contribution in [2.24, 2.45) is 7.05 Å². The van der Waals surface area contributed by atoms with Crippen molar-refractivity contribution in [1.29, 1.82) is 0 Å². The number of halogens is 3. The van der Waals surface area contributed by atoms with Gasteiger partial charge in [-0.15, -0.1) is 0 Å². The molecule has 0 N–H and O–H groups in total. The molecule has 29 heavy (non-hydrogen) atoms. The highest BCUT2D eigenvalue weighted by Crippen LogP contribution is 2.39. The first-order valence-electron chi connectivity index (χ1n) is 9.48. The summed E-state index contributed by atoms with van der Waals surface area (Å²) in [7, 11) is 1.93. The number of aryl methyl sites for hydroxylation is 1. The Kier molecular flexibility index (Phi) is 4.01. The molecule has 1 fully saturated rings. The largest absolute Gasteiger partial charge is 0.474 e. The van der Waals surface area contributed by atoms with Gasteiger partial charge in [-0.2, -0.15) is 13.2 Å². The second-order valence-corrected chi connectivity index (χ2v) is 7.43. The maximum absolute atomic E-state index is 13.6. The normalized spacial score (nSPS) is 15.0. The molecule has 1 aliphatic carbocycles. The lowest BCUT2D eigenvalue weighted by Gasteiger charge is -2.27. The molecule has 148 valence electrons. The Bertz CT molecular complexity index is 1230. The summed E-state index contributed by atoms with van der Waals surface area (Å²) in [5, 5.41) is 2.02. The van der Waals surface area contributed by atoms with Gasteiger partial charge in [-0.05, 0) is 43.0 Å². The Morgan fingerprint density at radius 2 is 1.83 bits per heavy atom. The van der Waals surface area contributed by atoms with Crippen molar-refractivity contribution in [2.45, 2.75) is 31.5 Å². The zero-order valence-electron chi connectivity index (χ0n) is 15.7. The SMILES string of the molecule is Cn1c2ccncc2c2ccc(-c3cnc(OC4CCC4)c(C(F)(F)F)c3)cc21. The molecule has 1 aliphatic rings. The number of ether oxygens (including phenoxy) is 1. The fourth-order valence-electron chi connectivity index (χ4n) is 3.79. The second kappa shape index (κ2) is 6.47. The lowest BCUT2D eigenvalue weighted by Crippen LogP contribution is -2.26. The summed E-state index contributed by atoms with van der Waals surface area (Å²) in [5.74, 6) is -0.331. The molecular weight excluding hydrogens is 379 g/mol. The van der Waals surface area contributed by atoms with Crippen molar-refractivity contribution < 1.29 is 17.9 Å². The predicted molar refractivity (Wildman–Crippen MR) is 105 cm³/mol. The van der Waals surface area contributed by atoms with E-state index in [1.165, 1.54) is 6.20 Å². The van der Waals surface area contributed by atoms with Gasteiger partial charge in [-0.25, -0.2) is 4.98 Å². The van der Waals surface area contributed by atoms with Crippen LogP contribution in [-0.2, 0) is 13.2 Å². The Morgan fingerprint density at radius 3 is 2.55 bits per heavy atom. The van der Waals surface area contributed by atoms with Gasteiger partial charge in [-0.1, -0.05) is 12.1 Å². The Morgan fingerprint density at radius 1 is 1.00 bits per heavy atom. The van der Waals surface area contributed by atoms with E-state index in [2.05, 4.69) is 9.97 Å². The molecule has 3 aromatic heterocycles. The summed E-state index contributed by atoms with van der Waals surface area (Å²) in [4.78, 5) is 8.21. The topological polar surface area (TPSA) is 39.9 Å². The lowest BCUT2D eigenvalue weighted by molar-refractivity contribution is -0.139. The molecule has 0 radical (unpaired) electrons. The van der Waals surface area contributed by atoms with E-state index in [-0.39, 0.29) is 12.0 Å². The molecule has 1 aromatic carbocycles. The van der Waals surface area contributed by atoms with E-state index in [9.17, 15) is 13.2 Å². The first kappa shape index (κ1) is 18.0. The van der Waals surface area contributed by atoms with Crippen LogP contribution in [0.15, 0.2) is 48.9 Å². The van der Waals surface area contributed by atoms with Crippen molar-refractivity contribution in [2.75, 3.05) is 0 Å². The van der Waals surface area contributed by atoms with Gasteiger partial charge in [0.15, 0.2) is 0 Å². The van der Waals surface area contributed by atoms with Crippen LogP contribution in [0.25, 0.3) is 32.9 Å². The first-order chi connectivity index (χ1) is 13.9. The molecule has 0 saturated heterocycles. The number of nitrogens with zero attached hydrogens (tertiary/aromatic N) is 3. The van der Waals surface area contributed by atoms with Gasteiger partial charge < -0.3 is 9.30 Å². The van der Waals surface area contributed by atoms with Crippen molar-refractivity contribution in [1.82, 2.24) is 14.5 Å². The molecule has 0 aliphatic heterocycles. The average molecular weight is 397 g/mol. The molecule has 4 aromatic rings. The molecule has 5 rings (SSSR count). The fourth-order valence-corrected chi connectivity index (χ4v) is 3.79. The van der Waals surface area contributed by atoms with Crippen LogP contribution in [0.1, 0.15) is 24.8 Å². The molecule has 0 unspecified atom stereocenters. The van der Waals surface area contributed by atoms with Crippen LogP contribution in [0.5, 0.6) is 5.88 Å². The van der Waals surface area contributed by atoms with Crippen molar-refractivity contribution in [3.05, 3.63) is 54.5 Å². The third kappa shape index (κ3) is 3.01. The van der Waals surface area contributed by atoms with E-state index < -0.39 is 11.7 Å². The van der Waals surface area contributed by atoms with Gasteiger partial charge in [0, 0.05) is 47.5 Å². The van der Waals surface area contributed by atoms with Gasteiger partial charge in [0.25, 0.3) is 0 Å². The number of benzene rings is 1. The van der Waals surface area contributed by atoms with Gasteiger partial charge >= 0.3 is 6.18 Å². The Hall–Kier alpha value is -3.09. The third-order valence-corrected chi connectivity index (χ3v) is 5.63. The Balaban J connectivity index is 1.62. The highest BCUT2D eigenvalue weighted by Gasteiger charge is 2.37. The molecule has 4 nitrogen and oxygen atoms in total. The average Bonchev–Trinajstić information content (AvgIpc) is 2.96. The van der Waals surface area contributed by atoms with Crippen LogP contribution >= 0.6 is 0 Å². The van der Waals surface area contributed by atoms with Crippen LogP contribution in [0.4, 0.5) is 13.2 Å². The number of hydrogen-bond acceptors (Lipinski definition) is 3. The number of alkyl halides is 3. The summed E-state index contributed by atoms with van der Waals surface area (Å²) >= 11 is 0. The van der Waals surface area contributed by atoms with Gasteiger partial charge in [0.05, 0.1) is 5.52 Å². The number of aromatic nitrogens is 3. The zero-order chi connectivity index (χ0) is 20.2. The third-order valence-electron chi connectivity index (χ3n) is 5.63. The summed E-state index contributed by atoms with van der Waals surface area (Å²) in [5.41, 5.74) is 2.19. The minimum atomic E-state index is -4.53. The molecule has 3 heterocycles. The number of rotatable bonds is 3. The zero-order valence-corrected chi connectivity index (χ0v) is 15.7. The molecule has 0 atom stereocenters. The van der Waals surface area contributed by atoms with Crippen molar-refractivity contribution >= 4 is 21.8 Å². The maximum Gasteiger partial charge on any atom is 0.421 e. The van der Waals surface area contributed by atoms with Crippen molar-refractivity contribution in [3.8, 4) is 17.0 Å². The summed E-state index contributed by atoms with van der Waals surface area (Å²) < 4.78 is 48.4. The van der Waals surface area contributed by atoms with Gasteiger partial charge in [-0.3, -0.25) is 4.98 Å². The standard InChI is InChI=1S/C22H18F3N3O/c1-28-19-7-8-26-12-17(19)16-6-5-13(10-20(16)28)14-9-18(22(23,24)25)21(27-11-14)29-15-3-2-4-15/h5-12,15H,2-4H2,1H3. The van der Waals surface area contributed by atoms with Crippen LogP contribution in [0.2, 0.25) is 0 Å². The van der Waals surface area contributed by atoms with Crippen LogP contribution in [0.3, 0.4) is 0 Å². The highest BCUT2D eigenvalue weighted by molar-refractivity contribution is 6.08. The van der Waals surface area contributed by atoms with E-state index in [0.29, 0.717) is 11.1 Å². The summed E-state index contributed by atoms with van der Waals surface area (Å²) in [6, 6.07) is 8.68. The van der Waals surface area contributed by atoms with E-state index in [1.54, 1.807) is 12.4 Å². The monoisotopic (exact) mass is 397 g/mol. The van der Waals surface area contributed by atoms with Crippen LogP contribution < -0.4 is 4.74 Å². The predicted octanol–water partition coefficient (Wildman–Crippen LogP) is 5.74. The second-order valence-electron chi connectivity index (χ2n) is 7.43. The number of hydrogen-bond donors (Lipinski definition) is 0. The molecule has 0 amide bonds. The molecule has 0 spiro atoms. The quantitative estimate of drug-likeness (QED) is 0.443. The number of fused-ring (bicyclic) bond motifs is 3. The summed E-state index contributed by atoms with van der Waals surface area (Å²) in [6.45, 7) is 0. The van der Waals surface area contributed by atoms with Crippen molar-refractivity contribution in [3.63, 3.8) is 0 Å². The molecular formula is C22H18F3N3O. The van der Waals surface area contributed by atoms with Crippen LogP contribution in [0, 0.1) is 0 Å². The minimum absolute atomic E-state index is 0.171. The first-order valence-corrected chi connectivity index (χ1v) is 9.48. The molecule has 1 saturated carbocycles. The van der Waals surface area contributed by atoms with Crippen LogP contribution in [-0.4, -0.2) is 20.6 Å². The van der Waals surface area contributed by atoms with Gasteiger partial charge in [0.2, 0.25) is 5.88 Å². The maximum atomic E-state index is 13.6. The summed E-state index contributed by atoms with van der Waals surface area (Å²) in [6.07, 6.45) is 2.79. The van der Waals surface area contributed by atoms with E-state index in [4.69, 9.17) is 4.74 Å². The minimum Gasteiger partial charge on any atom is -0.474 e. The van der Waals surface area contributed by atoms with E-state index in [1.807, 2.05) is 35.9 Å². The van der Waals surface area contributed by atoms with E-state index in [0.717, 1.165) is 47.1 Å². The van der Waals surface area contributed by atoms with E-state index >= 15 is 0 Å². The molecule has 0 bridgehead atoms. The lowest BCUT2D eigenvalue weighted by atomic mass is 9.96. The fraction of sp³-hybridized carbons (Fsp3) is 0.273.